The second-order valence-electron chi connectivity index (χ2n) is 7.34. The molecule has 3 nitrogen and oxygen atoms in total. The number of carbonyl (C=O) groups is 2. The van der Waals surface area contributed by atoms with E-state index >= 15 is 0 Å². The van der Waals surface area contributed by atoms with Crippen LogP contribution in [0, 0.1) is 34.0 Å². The summed E-state index contributed by atoms with van der Waals surface area (Å²) >= 11 is 0. The van der Waals surface area contributed by atoms with Crippen LogP contribution in [0.1, 0.15) is 46.5 Å². The van der Waals surface area contributed by atoms with Crippen LogP contribution < -0.4 is 0 Å². The number of ketones is 2. The Morgan fingerprint density at radius 1 is 1.29 bits per heavy atom. The summed E-state index contributed by atoms with van der Waals surface area (Å²) in [7, 11) is 0. The van der Waals surface area contributed by atoms with Crippen molar-refractivity contribution in [1.82, 2.24) is 0 Å². The molecule has 0 N–H and O–H groups in total. The lowest BCUT2D eigenvalue weighted by Crippen LogP contribution is -2.49. The average molecular weight is 283 g/mol. The molecule has 0 bridgehead atoms. The summed E-state index contributed by atoms with van der Waals surface area (Å²) in [4.78, 5) is 24.2. The molecule has 110 valence electrons. The summed E-state index contributed by atoms with van der Waals surface area (Å²) in [5.41, 5.74) is 1.12. The van der Waals surface area contributed by atoms with E-state index in [4.69, 9.17) is 0 Å². The van der Waals surface area contributed by atoms with Crippen LogP contribution in [-0.2, 0) is 9.59 Å². The minimum Gasteiger partial charge on any atom is -0.295 e. The Hall–Kier alpha value is -1.69. The molecule has 4 atom stereocenters. The largest absolute Gasteiger partial charge is 0.295 e. The van der Waals surface area contributed by atoms with Crippen LogP contribution in [-0.4, -0.2) is 11.6 Å². The molecule has 3 aliphatic rings. The third kappa shape index (κ3) is 1.85. The predicted molar refractivity (Wildman–Crippen MR) is 79.1 cm³/mol. The minimum absolute atomic E-state index is 0.0358. The highest BCUT2D eigenvalue weighted by atomic mass is 16.1. The molecule has 0 aromatic carbocycles. The first-order valence-corrected chi connectivity index (χ1v) is 7.74. The van der Waals surface area contributed by atoms with E-state index in [0.717, 1.165) is 24.8 Å². The molecule has 4 unspecified atom stereocenters. The van der Waals surface area contributed by atoms with Gasteiger partial charge in [0.15, 0.2) is 11.6 Å². The molecule has 0 spiro atoms. The summed E-state index contributed by atoms with van der Waals surface area (Å²) in [5, 5.41) is 9.27. The van der Waals surface area contributed by atoms with Gasteiger partial charge in [0.25, 0.3) is 0 Å². The van der Waals surface area contributed by atoms with E-state index in [-0.39, 0.29) is 39.8 Å². The van der Waals surface area contributed by atoms with Gasteiger partial charge in [-0.15, -0.1) is 0 Å². The maximum Gasteiger partial charge on any atom is 0.176 e. The second-order valence-corrected chi connectivity index (χ2v) is 7.34. The fourth-order valence-electron chi connectivity index (χ4n) is 4.82. The van der Waals surface area contributed by atoms with E-state index in [1.807, 2.05) is 19.1 Å². The number of carbonyl (C=O) groups excluding carboxylic acids is 2. The molecule has 0 aromatic heterocycles. The molecule has 0 aliphatic heterocycles. The first kappa shape index (κ1) is 14.3. The van der Waals surface area contributed by atoms with Crippen molar-refractivity contribution in [3.8, 4) is 6.07 Å². The summed E-state index contributed by atoms with van der Waals surface area (Å²) in [6.45, 7) is 6.27. The van der Waals surface area contributed by atoms with Crippen LogP contribution >= 0.6 is 0 Å². The minimum atomic E-state index is -0.332. The Morgan fingerprint density at radius 2 is 2.00 bits per heavy atom. The van der Waals surface area contributed by atoms with E-state index < -0.39 is 0 Å². The smallest absolute Gasteiger partial charge is 0.176 e. The van der Waals surface area contributed by atoms with Crippen molar-refractivity contribution < 1.29 is 9.59 Å². The average Bonchev–Trinajstić information content (AvgIpc) is 2.45. The summed E-state index contributed by atoms with van der Waals surface area (Å²) in [6.07, 6.45) is 7.17. The van der Waals surface area contributed by atoms with E-state index in [2.05, 4.69) is 19.9 Å². The Balaban J connectivity index is 2.20. The molecule has 3 aliphatic carbocycles. The van der Waals surface area contributed by atoms with Gasteiger partial charge in [0.05, 0.1) is 5.57 Å². The highest BCUT2D eigenvalue weighted by Gasteiger charge is 2.54. The van der Waals surface area contributed by atoms with Gasteiger partial charge in [0.1, 0.15) is 6.07 Å². The van der Waals surface area contributed by atoms with Crippen LogP contribution in [0.2, 0.25) is 0 Å². The van der Waals surface area contributed by atoms with Crippen molar-refractivity contribution >= 4 is 11.6 Å². The lowest BCUT2D eigenvalue weighted by Gasteiger charge is -2.55. The van der Waals surface area contributed by atoms with Crippen LogP contribution in [0.25, 0.3) is 0 Å². The molecule has 21 heavy (non-hydrogen) atoms. The quantitative estimate of drug-likeness (QED) is 0.685. The number of hydrogen-bond donors (Lipinski definition) is 0. The van der Waals surface area contributed by atoms with E-state index in [0.29, 0.717) is 6.42 Å². The van der Waals surface area contributed by atoms with Gasteiger partial charge in [0.2, 0.25) is 0 Å². The normalized spacial score (nSPS) is 42.4. The van der Waals surface area contributed by atoms with Gasteiger partial charge in [-0.3, -0.25) is 9.59 Å². The van der Waals surface area contributed by atoms with Crippen molar-refractivity contribution in [3.63, 3.8) is 0 Å². The SMILES string of the molecule is CC1C(=O)C(C#N)=CC2(C)C3=CC(=O)CCC3(C)CCC12. The van der Waals surface area contributed by atoms with Crippen molar-refractivity contribution in [2.75, 3.05) is 0 Å². The van der Waals surface area contributed by atoms with Crippen molar-refractivity contribution in [3.05, 3.63) is 23.3 Å². The molecule has 0 amide bonds. The zero-order valence-electron chi connectivity index (χ0n) is 12.9. The summed E-state index contributed by atoms with van der Waals surface area (Å²) < 4.78 is 0. The molecule has 0 aromatic rings. The standard InChI is InChI=1S/C18H21NO2/c1-11-14-5-7-17(2)6-4-13(20)8-15(17)18(14,3)9-12(10-19)16(11)21/h8-9,11,14H,4-7H2,1-3H3. The lowest BCUT2D eigenvalue weighted by atomic mass is 9.48. The first-order chi connectivity index (χ1) is 9.82. The van der Waals surface area contributed by atoms with Crippen LogP contribution in [0.15, 0.2) is 23.3 Å². The number of Topliss-reactive ketones (excluding diaryl/α,β-unsaturated/α-hetero) is 1. The Morgan fingerprint density at radius 3 is 2.67 bits per heavy atom. The molecule has 3 rings (SSSR count). The van der Waals surface area contributed by atoms with Gasteiger partial charge >= 0.3 is 0 Å². The van der Waals surface area contributed by atoms with Gasteiger partial charge in [-0.05, 0) is 36.7 Å². The number of nitrogens with zero attached hydrogens (tertiary/aromatic N) is 1. The molecule has 1 fully saturated rings. The number of hydrogen-bond acceptors (Lipinski definition) is 3. The molecule has 3 heteroatoms. The fraction of sp³-hybridized carbons (Fsp3) is 0.611. The summed E-state index contributed by atoms with van der Waals surface area (Å²) in [6, 6.07) is 2.06. The Bertz CT molecular complexity index is 636. The van der Waals surface area contributed by atoms with Crippen LogP contribution in [0.5, 0.6) is 0 Å². The van der Waals surface area contributed by atoms with E-state index in [1.165, 1.54) is 0 Å². The maximum atomic E-state index is 12.3. The first-order valence-electron chi connectivity index (χ1n) is 7.74. The molecule has 0 saturated heterocycles. The Kier molecular flexibility index (Phi) is 2.99. The van der Waals surface area contributed by atoms with Crippen molar-refractivity contribution in [2.45, 2.75) is 46.5 Å². The molecular weight excluding hydrogens is 262 g/mol. The number of allylic oxidation sites excluding steroid dienone is 4. The third-order valence-electron chi connectivity index (χ3n) is 6.08. The highest BCUT2D eigenvalue weighted by Crippen LogP contribution is 2.61. The molecule has 0 heterocycles. The molecule has 1 saturated carbocycles. The zero-order chi connectivity index (χ0) is 15.4. The van der Waals surface area contributed by atoms with Gasteiger partial charge in [0, 0.05) is 17.8 Å². The topological polar surface area (TPSA) is 57.9 Å². The van der Waals surface area contributed by atoms with Gasteiger partial charge in [-0.1, -0.05) is 32.4 Å². The highest BCUT2D eigenvalue weighted by molar-refractivity contribution is 6.02. The van der Waals surface area contributed by atoms with Crippen molar-refractivity contribution in [2.24, 2.45) is 22.7 Å². The summed E-state index contributed by atoms with van der Waals surface area (Å²) in [5.74, 6) is 0.205. The monoisotopic (exact) mass is 283 g/mol. The van der Waals surface area contributed by atoms with Gasteiger partial charge in [-0.2, -0.15) is 5.26 Å². The Labute approximate surface area is 125 Å². The number of nitriles is 1. The fourth-order valence-corrected chi connectivity index (χ4v) is 4.82. The van der Waals surface area contributed by atoms with Crippen LogP contribution in [0.4, 0.5) is 0 Å². The number of rotatable bonds is 0. The molecule has 0 radical (unpaired) electrons. The van der Waals surface area contributed by atoms with Gasteiger partial charge in [-0.25, -0.2) is 0 Å². The third-order valence-corrected chi connectivity index (χ3v) is 6.08. The lowest BCUT2D eigenvalue weighted by molar-refractivity contribution is -0.123. The van der Waals surface area contributed by atoms with E-state index in [1.54, 1.807) is 0 Å². The second kappa shape index (κ2) is 4.40. The van der Waals surface area contributed by atoms with Crippen molar-refractivity contribution in [1.29, 1.82) is 5.26 Å². The number of fused-ring (bicyclic) bond motifs is 3. The van der Waals surface area contributed by atoms with Gasteiger partial charge < -0.3 is 0 Å². The van der Waals surface area contributed by atoms with Crippen LogP contribution in [0.3, 0.4) is 0 Å². The predicted octanol–water partition coefficient (Wildman–Crippen LogP) is 3.37. The maximum absolute atomic E-state index is 12.3. The van der Waals surface area contributed by atoms with E-state index in [9.17, 15) is 14.9 Å². The molecular formula is C18H21NO2. The zero-order valence-corrected chi connectivity index (χ0v) is 12.9.